The fourth-order valence-electron chi connectivity index (χ4n) is 2.15. The topological polar surface area (TPSA) is 67.6 Å². The first kappa shape index (κ1) is 13.5. The van der Waals surface area contributed by atoms with E-state index in [1.54, 1.807) is 6.07 Å². The Morgan fingerprint density at radius 2 is 2.16 bits per heavy atom. The first-order valence-corrected chi connectivity index (χ1v) is 6.63. The van der Waals surface area contributed by atoms with Crippen LogP contribution in [0.2, 0.25) is 0 Å². The van der Waals surface area contributed by atoms with Crippen LogP contribution in [0.5, 0.6) is 5.75 Å². The maximum Gasteiger partial charge on any atom is 0.239 e. The Labute approximate surface area is 113 Å². The average Bonchev–Trinajstić information content (AvgIpc) is 2.52. The van der Waals surface area contributed by atoms with Gasteiger partial charge in [0.05, 0.1) is 12.6 Å². The zero-order valence-electron chi connectivity index (χ0n) is 11.5. The van der Waals surface area contributed by atoms with Gasteiger partial charge in [-0.15, -0.1) is 0 Å². The van der Waals surface area contributed by atoms with Crippen molar-refractivity contribution in [2.75, 3.05) is 30.3 Å². The van der Waals surface area contributed by atoms with Gasteiger partial charge in [0.25, 0.3) is 0 Å². The van der Waals surface area contributed by atoms with Crippen molar-refractivity contribution in [3.05, 3.63) is 18.2 Å². The van der Waals surface area contributed by atoms with Crippen LogP contribution >= 0.6 is 0 Å². The van der Waals surface area contributed by atoms with Gasteiger partial charge in [0.2, 0.25) is 5.91 Å². The number of benzene rings is 1. The summed E-state index contributed by atoms with van der Waals surface area (Å²) in [6, 6.07) is 5.63. The third kappa shape index (κ3) is 3.77. The van der Waals surface area contributed by atoms with Crippen molar-refractivity contribution in [3.63, 3.8) is 0 Å². The van der Waals surface area contributed by atoms with Crippen LogP contribution in [-0.2, 0) is 4.79 Å². The summed E-state index contributed by atoms with van der Waals surface area (Å²) in [6.07, 6.45) is 1.03. The fraction of sp³-hybridized carbons (Fsp3) is 0.500. The SMILES string of the molecule is CC(C)Oc1cc(N)cc(N2CCCNC(=O)C2)c1. The largest absolute Gasteiger partial charge is 0.491 e. The molecule has 0 spiro atoms. The van der Waals surface area contributed by atoms with E-state index in [0.717, 1.165) is 30.9 Å². The third-order valence-corrected chi connectivity index (χ3v) is 2.91. The number of hydrogen-bond acceptors (Lipinski definition) is 4. The molecule has 3 N–H and O–H groups in total. The highest BCUT2D eigenvalue weighted by Crippen LogP contribution is 2.26. The molecule has 5 nitrogen and oxygen atoms in total. The number of carbonyl (C=O) groups excluding carboxylic acids is 1. The Kier molecular flexibility index (Phi) is 4.14. The number of nitrogen functional groups attached to an aromatic ring is 1. The Balaban J connectivity index is 2.22. The molecule has 1 saturated heterocycles. The maximum absolute atomic E-state index is 11.6. The van der Waals surface area contributed by atoms with Crippen molar-refractivity contribution in [2.24, 2.45) is 0 Å². The van der Waals surface area contributed by atoms with E-state index < -0.39 is 0 Å². The van der Waals surface area contributed by atoms with Gasteiger partial charge < -0.3 is 20.7 Å². The standard InChI is InChI=1S/C14H21N3O2/c1-10(2)19-13-7-11(15)6-12(8-13)17-5-3-4-16-14(18)9-17/h6-8,10H,3-5,9,15H2,1-2H3,(H,16,18). The summed E-state index contributed by atoms with van der Waals surface area (Å²) in [6.45, 7) is 5.88. The Morgan fingerprint density at radius 3 is 2.89 bits per heavy atom. The van der Waals surface area contributed by atoms with Crippen LogP contribution in [0.3, 0.4) is 0 Å². The number of anilines is 2. The second-order valence-corrected chi connectivity index (χ2v) is 5.05. The van der Waals surface area contributed by atoms with Gasteiger partial charge in [-0.3, -0.25) is 4.79 Å². The number of rotatable bonds is 3. The minimum Gasteiger partial charge on any atom is -0.491 e. The lowest BCUT2D eigenvalue weighted by atomic mass is 10.2. The molecule has 0 bridgehead atoms. The molecule has 1 aromatic carbocycles. The van der Waals surface area contributed by atoms with Crippen molar-refractivity contribution in [2.45, 2.75) is 26.4 Å². The smallest absolute Gasteiger partial charge is 0.239 e. The summed E-state index contributed by atoms with van der Waals surface area (Å²) in [7, 11) is 0. The van der Waals surface area contributed by atoms with Gasteiger partial charge in [0.15, 0.2) is 0 Å². The van der Waals surface area contributed by atoms with Gasteiger partial charge in [-0.25, -0.2) is 0 Å². The second kappa shape index (κ2) is 5.82. The van der Waals surface area contributed by atoms with Crippen LogP contribution < -0.4 is 20.7 Å². The molecule has 1 aliphatic heterocycles. The van der Waals surface area contributed by atoms with E-state index in [-0.39, 0.29) is 12.0 Å². The number of nitrogens with one attached hydrogen (secondary N) is 1. The summed E-state index contributed by atoms with van der Waals surface area (Å²) >= 11 is 0. The highest BCUT2D eigenvalue weighted by Gasteiger charge is 2.16. The molecule has 0 atom stereocenters. The molecule has 0 unspecified atom stereocenters. The lowest BCUT2D eigenvalue weighted by molar-refractivity contribution is -0.119. The molecule has 0 radical (unpaired) electrons. The number of ether oxygens (including phenoxy) is 1. The Hall–Kier alpha value is -1.91. The van der Waals surface area contributed by atoms with E-state index in [9.17, 15) is 4.79 Å². The zero-order chi connectivity index (χ0) is 13.8. The molecule has 0 aromatic heterocycles. The van der Waals surface area contributed by atoms with Gasteiger partial charge in [-0.2, -0.15) is 0 Å². The normalized spacial score (nSPS) is 16.2. The van der Waals surface area contributed by atoms with E-state index in [4.69, 9.17) is 10.5 Å². The average molecular weight is 263 g/mol. The highest BCUT2D eigenvalue weighted by atomic mass is 16.5. The summed E-state index contributed by atoms with van der Waals surface area (Å²) < 4.78 is 5.68. The summed E-state index contributed by atoms with van der Waals surface area (Å²) in [5, 5.41) is 2.86. The van der Waals surface area contributed by atoms with E-state index in [0.29, 0.717) is 12.2 Å². The number of carbonyl (C=O) groups is 1. The first-order valence-electron chi connectivity index (χ1n) is 6.63. The Bertz CT molecular complexity index is 460. The molecule has 1 aromatic rings. The van der Waals surface area contributed by atoms with Crippen molar-refractivity contribution in [1.82, 2.24) is 5.32 Å². The van der Waals surface area contributed by atoms with Gasteiger partial charge in [-0.05, 0) is 26.3 Å². The predicted molar refractivity (Wildman–Crippen MR) is 76.5 cm³/mol. The zero-order valence-corrected chi connectivity index (χ0v) is 11.5. The lowest BCUT2D eigenvalue weighted by Crippen LogP contribution is -2.33. The maximum atomic E-state index is 11.6. The van der Waals surface area contributed by atoms with E-state index >= 15 is 0 Å². The number of hydrogen-bond donors (Lipinski definition) is 2. The van der Waals surface area contributed by atoms with E-state index in [2.05, 4.69) is 5.32 Å². The van der Waals surface area contributed by atoms with Crippen LogP contribution in [0.1, 0.15) is 20.3 Å². The molecule has 0 aliphatic carbocycles. The second-order valence-electron chi connectivity index (χ2n) is 5.05. The van der Waals surface area contributed by atoms with Crippen LogP contribution in [-0.4, -0.2) is 31.6 Å². The van der Waals surface area contributed by atoms with Crippen LogP contribution in [0.25, 0.3) is 0 Å². The predicted octanol–water partition coefficient (Wildman–Crippen LogP) is 1.38. The molecule has 19 heavy (non-hydrogen) atoms. The molecule has 1 heterocycles. The van der Waals surface area contributed by atoms with Gasteiger partial charge in [-0.1, -0.05) is 0 Å². The van der Waals surface area contributed by atoms with Gasteiger partial charge >= 0.3 is 0 Å². The van der Waals surface area contributed by atoms with Crippen LogP contribution in [0.15, 0.2) is 18.2 Å². The first-order chi connectivity index (χ1) is 9.04. The van der Waals surface area contributed by atoms with Gasteiger partial charge in [0.1, 0.15) is 5.75 Å². The van der Waals surface area contributed by atoms with Crippen molar-refractivity contribution < 1.29 is 9.53 Å². The van der Waals surface area contributed by atoms with Crippen molar-refractivity contribution >= 4 is 17.3 Å². The third-order valence-electron chi connectivity index (χ3n) is 2.91. The highest BCUT2D eigenvalue weighted by molar-refractivity contribution is 5.82. The number of nitrogens with zero attached hydrogens (tertiary/aromatic N) is 1. The summed E-state index contributed by atoms with van der Waals surface area (Å²) in [5.74, 6) is 0.793. The molecule has 104 valence electrons. The molecule has 0 saturated carbocycles. The van der Waals surface area contributed by atoms with Crippen LogP contribution in [0.4, 0.5) is 11.4 Å². The number of nitrogens with two attached hydrogens (primary N) is 1. The molecule has 2 rings (SSSR count). The lowest BCUT2D eigenvalue weighted by Gasteiger charge is -2.23. The van der Waals surface area contributed by atoms with Gasteiger partial charge in [0, 0.05) is 36.6 Å². The molecular formula is C14H21N3O2. The van der Waals surface area contributed by atoms with Crippen LogP contribution in [0, 0.1) is 0 Å². The minimum atomic E-state index is 0.0475. The molecule has 1 aliphatic rings. The monoisotopic (exact) mass is 263 g/mol. The molecule has 5 heteroatoms. The fourth-order valence-corrected chi connectivity index (χ4v) is 2.15. The summed E-state index contributed by atoms with van der Waals surface area (Å²) in [4.78, 5) is 13.6. The molecular weight excluding hydrogens is 242 g/mol. The Morgan fingerprint density at radius 1 is 1.37 bits per heavy atom. The minimum absolute atomic E-state index is 0.0475. The molecule has 1 fully saturated rings. The quantitative estimate of drug-likeness (QED) is 0.809. The van der Waals surface area contributed by atoms with E-state index in [1.165, 1.54) is 0 Å². The van der Waals surface area contributed by atoms with E-state index in [1.807, 2.05) is 30.9 Å². The van der Waals surface area contributed by atoms with Crippen molar-refractivity contribution in [3.8, 4) is 5.75 Å². The molecule has 1 amide bonds. The van der Waals surface area contributed by atoms with Crippen molar-refractivity contribution in [1.29, 1.82) is 0 Å². The summed E-state index contributed by atoms with van der Waals surface area (Å²) in [5.41, 5.74) is 7.50. The number of amides is 1.